The number of amides is 1. The summed E-state index contributed by atoms with van der Waals surface area (Å²) in [4.78, 5) is 18.6. The fraction of sp³-hybridized carbons (Fsp3) is 0.286. The molecule has 3 aromatic rings. The van der Waals surface area contributed by atoms with Crippen LogP contribution in [0.25, 0.3) is 0 Å². The van der Waals surface area contributed by atoms with Crippen molar-refractivity contribution in [3.63, 3.8) is 0 Å². The fourth-order valence-electron chi connectivity index (χ4n) is 2.63. The molecule has 7 heteroatoms. The molecule has 0 spiro atoms. The van der Waals surface area contributed by atoms with Crippen LogP contribution in [0.3, 0.4) is 0 Å². The number of rotatable bonds is 8. The first kappa shape index (κ1) is 19.4. The number of nitrogens with zero attached hydrogens (tertiary/aromatic N) is 3. The number of carbonyl (C=O) groups excluding carboxylic acids is 1. The summed E-state index contributed by atoms with van der Waals surface area (Å²) >= 11 is 0. The van der Waals surface area contributed by atoms with Gasteiger partial charge in [-0.15, -0.1) is 0 Å². The van der Waals surface area contributed by atoms with E-state index in [1.807, 2.05) is 50.2 Å². The van der Waals surface area contributed by atoms with E-state index in [2.05, 4.69) is 10.1 Å². The van der Waals surface area contributed by atoms with Crippen molar-refractivity contribution in [2.75, 3.05) is 13.7 Å². The molecule has 3 rings (SSSR count). The Balaban J connectivity index is 1.61. The van der Waals surface area contributed by atoms with Crippen LogP contribution in [0.5, 0.6) is 11.5 Å². The van der Waals surface area contributed by atoms with Gasteiger partial charge in [-0.05, 0) is 38.1 Å². The minimum absolute atomic E-state index is 0.162. The van der Waals surface area contributed by atoms with Crippen LogP contribution in [-0.2, 0) is 6.61 Å². The highest BCUT2D eigenvalue weighted by atomic mass is 16.5. The molecule has 1 aromatic carbocycles. The molecule has 0 N–H and O–H groups in total. The van der Waals surface area contributed by atoms with E-state index in [4.69, 9.17) is 14.0 Å². The molecule has 1 atom stereocenters. The molecule has 0 radical (unpaired) electrons. The van der Waals surface area contributed by atoms with E-state index in [-0.39, 0.29) is 24.2 Å². The highest BCUT2D eigenvalue weighted by Crippen LogP contribution is 2.21. The largest absolute Gasteiger partial charge is 0.494 e. The number of aromatic nitrogens is 2. The van der Waals surface area contributed by atoms with Gasteiger partial charge in [0.05, 0.1) is 18.3 Å². The molecule has 0 aliphatic rings. The van der Waals surface area contributed by atoms with E-state index >= 15 is 0 Å². The van der Waals surface area contributed by atoms with E-state index in [1.54, 1.807) is 30.3 Å². The van der Waals surface area contributed by atoms with Crippen LogP contribution in [0.1, 0.15) is 41.8 Å². The summed E-state index contributed by atoms with van der Waals surface area (Å²) in [5, 5.41) is 3.88. The Morgan fingerprint density at radius 1 is 1.14 bits per heavy atom. The summed E-state index contributed by atoms with van der Waals surface area (Å²) in [6, 6.07) is 14.4. The van der Waals surface area contributed by atoms with Gasteiger partial charge in [0, 0.05) is 25.4 Å². The predicted molar refractivity (Wildman–Crippen MR) is 103 cm³/mol. The van der Waals surface area contributed by atoms with Crippen molar-refractivity contribution in [3.05, 3.63) is 71.9 Å². The molecule has 146 valence electrons. The maximum absolute atomic E-state index is 12.7. The topological polar surface area (TPSA) is 77.7 Å². The third-order valence-corrected chi connectivity index (χ3v) is 4.29. The predicted octanol–water partition coefficient (Wildman–Crippen LogP) is 3.88. The van der Waals surface area contributed by atoms with E-state index < -0.39 is 0 Å². The van der Waals surface area contributed by atoms with Crippen molar-refractivity contribution in [1.29, 1.82) is 0 Å². The lowest BCUT2D eigenvalue weighted by molar-refractivity contribution is 0.0729. The summed E-state index contributed by atoms with van der Waals surface area (Å²) in [6.07, 6.45) is 1.70. The molecule has 1 amide bonds. The van der Waals surface area contributed by atoms with E-state index in [9.17, 15) is 4.79 Å². The van der Waals surface area contributed by atoms with Gasteiger partial charge in [-0.2, -0.15) is 0 Å². The maximum Gasteiger partial charge on any atom is 0.276 e. The normalized spacial score (nSPS) is 11.7. The molecule has 0 bridgehead atoms. The van der Waals surface area contributed by atoms with E-state index in [0.29, 0.717) is 18.1 Å². The lowest BCUT2D eigenvalue weighted by Gasteiger charge is -2.23. The first-order valence-corrected chi connectivity index (χ1v) is 9.07. The SMILES string of the molecule is CCOc1cccc(OCc2cc(C(=O)N(C)C(C)c3ccccn3)no2)c1. The second-order valence-corrected chi connectivity index (χ2v) is 6.22. The first-order valence-electron chi connectivity index (χ1n) is 9.07. The Labute approximate surface area is 163 Å². The van der Waals surface area contributed by atoms with Crippen LogP contribution in [-0.4, -0.2) is 34.6 Å². The summed E-state index contributed by atoms with van der Waals surface area (Å²) in [6.45, 7) is 4.58. The number of ether oxygens (including phenoxy) is 2. The lowest BCUT2D eigenvalue weighted by Crippen LogP contribution is -2.30. The molecule has 7 nitrogen and oxygen atoms in total. The third kappa shape index (κ3) is 4.68. The van der Waals surface area contributed by atoms with Crippen molar-refractivity contribution < 1.29 is 18.8 Å². The van der Waals surface area contributed by atoms with Gasteiger partial charge in [-0.25, -0.2) is 0 Å². The molecule has 2 heterocycles. The number of benzene rings is 1. The quantitative estimate of drug-likeness (QED) is 0.589. The van der Waals surface area contributed by atoms with Gasteiger partial charge in [-0.1, -0.05) is 17.3 Å². The fourth-order valence-corrected chi connectivity index (χ4v) is 2.63. The third-order valence-electron chi connectivity index (χ3n) is 4.29. The number of hydrogen-bond donors (Lipinski definition) is 0. The summed E-state index contributed by atoms with van der Waals surface area (Å²) < 4.78 is 16.4. The molecule has 2 aromatic heterocycles. The van der Waals surface area contributed by atoms with Gasteiger partial charge in [0.1, 0.15) is 18.1 Å². The zero-order valence-electron chi connectivity index (χ0n) is 16.2. The van der Waals surface area contributed by atoms with Gasteiger partial charge >= 0.3 is 0 Å². The highest BCUT2D eigenvalue weighted by molar-refractivity contribution is 5.92. The Morgan fingerprint density at radius 2 is 1.93 bits per heavy atom. The molecule has 0 aliphatic heterocycles. The number of hydrogen-bond acceptors (Lipinski definition) is 6. The zero-order valence-corrected chi connectivity index (χ0v) is 16.2. The Kier molecular flexibility index (Phi) is 6.26. The average Bonchev–Trinajstić information content (AvgIpc) is 3.21. The Bertz CT molecular complexity index is 911. The molecule has 0 aliphatic carbocycles. The van der Waals surface area contributed by atoms with Crippen molar-refractivity contribution in [1.82, 2.24) is 15.0 Å². The minimum atomic E-state index is -0.244. The molecule has 0 saturated heterocycles. The van der Waals surface area contributed by atoms with Crippen LogP contribution < -0.4 is 9.47 Å². The van der Waals surface area contributed by atoms with Crippen LogP contribution >= 0.6 is 0 Å². The summed E-state index contributed by atoms with van der Waals surface area (Å²) in [7, 11) is 1.71. The molecular weight excluding hydrogens is 358 g/mol. The maximum atomic E-state index is 12.7. The molecule has 0 fully saturated rings. The smallest absolute Gasteiger partial charge is 0.276 e. The molecule has 0 saturated carbocycles. The average molecular weight is 381 g/mol. The lowest BCUT2D eigenvalue weighted by atomic mass is 10.2. The number of carbonyl (C=O) groups is 1. The molecular formula is C21H23N3O4. The van der Waals surface area contributed by atoms with Crippen molar-refractivity contribution in [2.24, 2.45) is 0 Å². The van der Waals surface area contributed by atoms with Gasteiger partial charge < -0.3 is 18.9 Å². The van der Waals surface area contributed by atoms with Gasteiger partial charge in [0.25, 0.3) is 5.91 Å². The second-order valence-electron chi connectivity index (χ2n) is 6.22. The summed E-state index contributed by atoms with van der Waals surface area (Å²) in [5.74, 6) is 1.60. The van der Waals surface area contributed by atoms with E-state index in [1.165, 1.54) is 0 Å². The molecule has 28 heavy (non-hydrogen) atoms. The van der Waals surface area contributed by atoms with Gasteiger partial charge in [0.15, 0.2) is 11.5 Å². The van der Waals surface area contributed by atoms with Gasteiger partial charge in [-0.3, -0.25) is 9.78 Å². The zero-order chi connectivity index (χ0) is 19.9. The van der Waals surface area contributed by atoms with Crippen LogP contribution in [0, 0.1) is 0 Å². The van der Waals surface area contributed by atoms with Crippen molar-refractivity contribution >= 4 is 5.91 Å². The highest BCUT2D eigenvalue weighted by Gasteiger charge is 2.22. The monoisotopic (exact) mass is 381 g/mol. The van der Waals surface area contributed by atoms with Crippen LogP contribution in [0.2, 0.25) is 0 Å². The van der Waals surface area contributed by atoms with Crippen molar-refractivity contribution in [3.8, 4) is 11.5 Å². The molecule has 1 unspecified atom stereocenters. The van der Waals surface area contributed by atoms with Gasteiger partial charge in [0.2, 0.25) is 0 Å². The second kappa shape index (κ2) is 9.03. The summed E-state index contributed by atoms with van der Waals surface area (Å²) in [5.41, 5.74) is 1.03. The van der Waals surface area contributed by atoms with Crippen LogP contribution in [0.15, 0.2) is 59.3 Å². The Morgan fingerprint density at radius 3 is 2.64 bits per heavy atom. The number of pyridine rings is 1. The van der Waals surface area contributed by atoms with Crippen LogP contribution in [0.4, 0.5) is 0 Å². The first-order chi connectivity index (χ1) is 13.6. The van der Waals surface area contributed by atoms with Crippen molar-refractivity contribution in [2.45, 2.75) is 26.5 Å². The Hall–Kier alpha value is -3.35. The minimum Gasteiger partial charge on any atom is -0.494 e. The van der Waals surface area contributed by atoms with E-state index in [0.717, 1.165) is 11.4 Å². The standard InChI is InChI=1S/C21H23N3O4/c1-4-26-16-8-7-9-17(12-16)27-14-18-13-20(23-28-18)21(25)24(3)15(2)19-10-5-6-11-22-19/h5-13,15H,4,14H2,1-3H3.